The minimum Gasteiger partial charge on any atom is -0.508 e. The van der Waals surface area contributed by atoms with Gasteiger partial charge >= 0.3 is 0 Å². The molecule has 1 aromatic carbocycles. The molecule has 0 radical (unpaired) electrons. The lowest BCUT2D eigenvalue weighted by atomic mass is 10.1. The summed E-state index contributed by atoms with van der Waals surface area (Å²) in [5.41, 5.74) is 5.63. The van der Waals surface area contributed by atoms with Crippen molar-refractivity contribution in [2.24, 2.45) is 0 Å². The van der Waals surface area contributed by atoms with Gasteiger partial charge in [0.2, 0.25) is 0 Å². The number of hydrogen-bond donors (Lipinski definition) is 3. The van der Waals surface area contributed by atoms with Gasteiger partial charge in [-0.15, -0.1) is 0 Å². The van der Waals surface area contributed by atoms with E-state index in [1.165, 1.54) is 6.07 Å². The molecular weight excluding hydrogens is 170 g/mol. The van der Waals surface area contributed by atoms with Crippen LogP contribution in [0.25, 0.3) is 0 Å². The van der Waals surface area contributed by atoms with Crippen LogP contribution in [0.15, 0.2) is 12.1 Å². The molecule has 70 valence electrons. The molecule has 0 amide bonds. The van der Waals surface area contributed by atoms with Crippen LogP contribution in [0.5, 0.6) is 11.5 Å². The summed E-state index contributed by atoms with van der Waals surface area (Å²) in [6.07, 6.45) is 0.285. The van der Waals surface area contributed by atoms with E-state index < -0.39 is 0 Å². The van der Waals surface area contributed by atoms with Crippen LogP contribution in [-0.2, 0) is 0 Å². The number of anilines is 1. The Labute approximate surface area is 75.6 Å². The molecule has 0 aliphatic carbocycles. The Hall–Kier alpha value is -1.71. The van der Waals surface area contributed by atoms with Gasteiger partial charge < -0.3 is 15.9 Å². The third kappa shape index (κ3) is 1.72. The topological polar surface area (TPSA) is 83.5 Å². The van der Waals surface area contributed by atoms with Crippen molar-refractivity contribution in [2.75, 3.05) is 5.73 Å². The normalized spacial score (nSPS) is 9.92. The van der Waals surface area contributed by atoms with E-state index in [9.17, 15) is 9.90 Å². The molecule has 0 saturated carbocycles. The summed E-state index contributed by atoms with van der Waals surface area (Å²) in [7, 11) is 0. The Balaban J connectivity index is 3.28. The summed E-state index contributed by atoms with van der Waals surface area (Å²) in [6, 6.07) is 2.35. The Kier molecular flexibility index (Phi) is 2.41. The molecule has 1 aromatic rings. The van der Waals surface area contributed by atoms with E-state index in [4.69, 9.17) is 10.8 Å². The van der Waals surface area contributed by atoms with Crippen molar-refractivity contribution in [3.63, 3.8) is 0 Å². The molecule has 4 nitrogen and oxygen atoms in total. The Morgan fingerprint density at radius 3 is 2.62 bits per heavy atom. The number of phenolic OH excluding ortho intramolecular Hbond substituents is 2. The smallest absolute Gasteiger partial charge is 0.164 e. The lowest BCUT2D eigenvalue weighted by molar-refractivity contribution is 0.0988. The number of carbonyl (C=O) groups excluding carboxylic acids is 1. The molecular formula is C9H11NO3. The zero-order chi connectivity index (χ0) is 10.0. The van der Waals surface area contributed by atoms with Crippen LogP contribution in [0.1, 0.15) is 23.7 Å². The second-order valence-corrected chi connectivity index (χ2v) is 2.70. The Bertz CT molecular complexity index is 347. The monoisotopic (exact) mass is 181 g/mol. The molecule has 0 spiro atoms. The first-order chi connectivity index (χ1) is 6.06. The highest BCUT2D eigenvalue weighted by molar-refractivity contribution is 6.02. The number of phenols is 2. The fraction of sp³-hybridized carbons (Fsp3) is 0.222. The molecule has 0 aliphatic rings. The van der Waals surface area contributed by atoms with Gasteiger partial charge in [-0.05, 0) is 6.07 Å². The summed E-state index contributed by atoms with van der Waals surface area (Å²) >= 11 is 0. The van der Waals surface area contributed by atoms with E-state index in [0.29, 0.717) is 0 Å². The van der Waals surface area contributed by atoms with Crippen LogP contribution in [0.4, 0.5) is 5.69 Å². The van der Waals surface area contributed by atoms with Crippen LogP contribution in [0.3, 0.4) is 0 Å². The fourth-order valence-electron chi connectivity index (χ4n) is 1.04. The van der Waals surface area contributed by atoms with Crippen LogP contribution in [0.2, 0.25) is 0 Å². The molecule has 0 unspecified atom stereocenters. The average molecular weight is 181 g/mol. The summed E-state index contributed by atoms with van der Waals surface area (Å²) in [6.45, 7) is 1.68. The maximum Gasteiger partial charge on any atom is 0.164 e. The first-order valence-corrected chi connectivity index (χ1v) is 3.91. The third-order valence-corrected chi connectivity index (χ3v) is 1.76. The molecule has 13 heavy (non-hydrogen) atoms. The maximum absolute atomic E-state index is 11.2. The summed E-state index contributed by atoms with van der Waals surface area (Å²) in [5.74, 6) is -0.635. The minimum atomic E-state index is -0.267. The highest BCUT2D eigenvalue weighted by Gasteiger charge is 2.12. The largest absolute Gasteiger partial charge is 0.508 e. The van der Waals surface area contributed by atoms with Crippen molar-refractivity contribution in [2.45, 2.75) is 13.3 Å². The molecule has 0 aliphatic heterocycles. The zero-order valence-corrected chi connectivity index (χ0v) is 7.24. The molecule has 4 heteroatoms. The fourth-order valence-corrected chi connectivity index (χ4v) is 1.04. The van der Waals surface area contributed by atoms with Crippen LogP contribution in [-0.4, -0.2) is 16.0 Å². The predicted molar refractivity (Wildman–Crippen MR) is 48.8 cm³/mol. The molecule has 0 aromatic heterocycles. The quantitative estimate of drug-likeness (QED) is 0.277. The van der Waals surface area contributed by atoms with Gasteiger partial charge in [0.05, 0.1) is 5.69 Å². The standard InChI is InChI=1S/C9H11NO3/c1-2-7(12)6-3-5(11)4-8(13)9(6)10/h3-4,11,13H,2,10H2,1H3. The number of carbonyl (C=O) groups is 1. The predicted octanol–water partition coefficient (Wildman–Crippen LogP) is 1.27. The van der Waals surface area contributed by atoms with Crippen LogP contribution < -0.4 is 5.73 Å². The summed E-state index contributed by atoms with van der Waals surface area (Å²) < 4.78 is 0. The van der Waals surface area contributed by atoms with Crippen LogP contribution >= 0.6 is 0 Å². The molecule has 0 heterocycles. The van der Waals surface area contributed by atoms with E-state index in [-0.39, 0.29) is 35.0 Å². The number of nitrogen functional groups attached to an aromatic ring is 1. The van der Waals surface area contributed by atoms with E-state index >= 15 is 0 Å². The van der Waals surface area contributed by atoms with Crippen molar-refractivity contribution in [1.29, 1.82) is 0 Å². The minimum absolute atomic E-state index is 0.0182. The van der Waals surface area contributed by atoms with Gasteiger partial charge in [-0.1, -0.05) is 6.92 Å². The Morgan fingerprint density at radius 2 is 2.08 bits per heavy atom. The number of rotatable bonds is 2. The highest BCUT2D eigenvalue weighted by atomic mass is 16.3. The molecule has 0 fully saturated rings. The van der Waals surface area contributed by atoms with Gasteiger partial charge in [-0.3, -0.25) is 4.79 Å². The number of aromatic hydroxyl groups is 2. The number of Topliss-reactive ketones (excluding diaryl/α,β-unsaturated/α-hetero) is 1. The number of ketones is 1. The van der Waals surface area contributed by atoms with E-state index in [1.54, 1.807) is 6.92 Å². The van der Waals surface area contributed by atoms with Crippen molar-refractivity contribution in [3.05, 3.63) is 17.7 Å². The number of benzene rings is 1. The Morgan fingerprint density at radius 1 is 1.46 bits per heavy atom. The highest BCUT2D eigenvalue weighted by Crippen LogP contribution is 2.29. The lowest BCUT2D eigenvalue weighted by Gasteiger charge is -2.05. The second-order valence-electron chi connectivity index (χ2n) is 2.70. The lowest BCUT2D eigenvalue weighted by Crippen LogP contribution is -2.02. The van der Waals surface area contributed by atoms with Crippen molar-refractivity contribution in [1.82, 2.24) is 0 Å². The van der Waals surface area contributed by atoms with Gasteiger partial charge in [0.15, 0.2) is 5.78 Å². The second kappa shape index (κ2) is 3.35. The van der Waals surface area contributed by atoms with Crippen molar-refractivity contribution >= 4 is 11.5 Å². The SMILES string of the molecule is CCC(=O)c1cc(O)cc(O)c1N. The van der Waals surface area contributed by atoms with Gasteiger partial charge in [0, 0.05) is 18.1 Å². The zero-order valence-electron chi connectivity index (χ0n) is 7.24. The number of nitrogens with two attached hydrogens (primary N) is 1. The molecule has 4 N–H and O–H groups in total. The van der Waals surface area contributed by atoms with Gasteiger partial charge in [0.25, 0.3) is 0 Å². The maximum atomic E-state index is 11.2. The average Bonchev–Trinajstić information content (AvgIpc) is 2.10. The van der Waals surface area contributed by atoms with Crippen molar-refractivity contribution in [3.8, 4) is 11.5 Å². The summed E-state index contributed by atoms with van der Waals surface area (Å²) in [4.78, 5) is 11.2. The third-order valence-electron chi connectivity index (χ3n) is 1.76. The molecule has 0 bridgehead atoms. The van der Waals surface area contributed by atoms with Crippen LogP contribution in [0, 0.1) is 0 Å². The number of hydrogen-bond acceptors (Lipinski definition) is 4. The first kappa shape index (κ1) is 9.38. The van der Waals surface area contributed by atoms with Gasteiger partial charge in [0.1, 0.15) is 11.5 Å². The van der Waals surface area contributed by atoms with E-state index in [2.05, 4.69) is 0 Å². The molecule has 0 saturated heterocycles. The van der Waals surface area contributed by atoms with Crippen molar-refractivity contribution < 1.29 is 15.0 Å². The van der Waals surface area contributed by atoms with Gasteiger partial charge in [-0.25, -0.2) is 0 Å². The molecule has 0 atom stereocenters. The van der Waals surface area contributed by atoms with E-state index in [1.807, 2.05) is 0 Å². The summed E-state index contributed by atoms with van der Waals surface area (Å²) in [5, 5.41) is 18.3. The van der Waals surface area contributed by atoms with E-state index in [0.717, 1.165) is 6.07 Å². The van der Waals surface area contributed by atoms with Gasteiger partial charge in [-0.2, -0.15) is 0 Å². The molecule has 1 rings (SSSR count). The first-order valence-electron chi connectivity index (χ1n) is 3.91.